The van der Waals surface area contributed by atoms with Gasteiger partial charge in [0.1, 0.15) is 0 Å². The van der Waals surface area contributed by atoms with E-state index in [0.29, 0.717) is 39.1 Å². The standard InChI is InChI=1S/C29H38N2O4/c30-28(33)11-7-2-1-6-10-25-27(20-26(32)29(25)31-16-18-34-19-17-31)35-21-22-12-14-24(15-13-22)23-8-4-3-5-9-23/h1-5,8-9,12-15,25-27,29,32H,6-7,10-11,16-21H2,(H2,30,33)/b2-1-/t25-,26-,27-,29+/m0/s1. The van der Waals surface area contributed by atoms with Gasteiger partial charge >= 0.3 is 0 Å². The first-order valence-corrected chi connectivity index (χ1v) is 12.8. The molecule has 188 valence electrons. The zero-order valence-electron chi connectivity index (χ0n) is 20.4. The van der Waals surface area contributed by atoms with Crippen molar-refractivity contribution in [1.29, 1.82) is 0 Å². The number of primary amides is 1. The van der Waals surface area contributed by atoms with Gasteiger partial charge in [-0.15, -0.1) is 0 Å². The van der Waals surface area contributed by atoms with Crippen LogP contribution in [-0.2, 0) is 20.9 Å². The first-order chi connectivity index (χ1) is 17.1. The van der Waals surface area contributed by atoms with Crippen LogP contribution < -0.4 is 5.73 Å². The number of aliphatic hydroxyl groups excluding tert-OH is 1. The van der Waals surface area contributed by atoms with Crippen molar-refractivity contribution in [2.24, 2.45) is 11.7 Å². The summed E-state index contributed by atoms with van der Waals surface area (Å²) in [5, 5.41) is 11.0. The van der Waals surface area contributed by atoms with Crippen LogP contribution in [0.5, 0.6) is 0 Å². The van der Waals surface area contributed by atoms with Crippen LogP contribution in [0.4, 0.5) is 0 Å². The number of allylic oxidation sites excluding steroid dienone is 2. The summed E-state index contributed by atoms with van der Waals surface area (Å²) in [6.07, 6.45) is 7.30. The van der Waals surface area contributed by atoms with Gasteiger partial charge in [-0.1, -0.05) is 66.7 Å². The van der Waals surface area contributed by atoms with Crippen molar-refractivity contribution in [3.8, 4) is 11.1 Å². The summed E-state index contributed by atoms with van der Waals surface area (Å²) in [6.45, 7) is 3.65. The van der Waals surface area contributed by atoms with Crippen molar-refractivity contribution in [3.63, 3.8) is 0 Å². The zero-order chi connectivity index (χ0) is 24.5. The van der Waals surface area contributed by atoms with Gasteiger partial charge in [-0.2, -0.15) is 0 Å². The van der Waals surface area contributed by atoms with Crippen molar-refractivity contribution >= 4 is 5.91 Å². The lowest BCUT2D eigenvalue weighted by atomic mass is 9.93. The molecule has 0 aromatic heterocycles. The summed E-state index contributed by atoms with van der Waals surface area (Å²) >= 11 is 0. The molecule has 1 heterocycles. The van der Waals surface area contributed by atoms with Gasteiger partial charge in [0.15, 0.2) is 0 Å². The van der Waals surface area contributed by atoms with Gasteiger partial charge < -0.3 is 20.3 Å². The van der Waals surface area contributed by atoms with E-state index in [2.05, 4.69) is 59.5 Å². The molecule has 1 aliphatic carbocycles. The Morgan fingerprint density at radius 3 is 2.43 bits per heavy atom. The van der Waals surface area contributed by atoms with Crippen LogP contribution in [0.1, 0.15) is 37.7 Å². The lowest BCUT2D eigenvalue weighted by Crippen LogP contribution is -2.50. The third-order valence-corrected chi connectivity index (χ3v) is 7.17. The molecule has 1 saturated heterocycles. The van der Waals surface area contributed by atoms with E-state index in [-0.39, 0.29) is 24.0 Å². The number of benzene rings is 2. The van der Waals surface area contributed by atoms with Gasteiger partial charge in [-0.25, -0.2) is 0 Å². The molecule has 0 bridgehead atoms. The van der Waals surface area contributed by atoms with E-state index in [0.717, 1.165) is 31.5 Å². The number of ether oxygens (including phenoxy) is 2. The average molecular weight is 479 g/mol. The monoisotopic (exact) mass is 478 g/mol. The molecule has 4 atom stereocenters. The van der Waals surface area contributed by atoms with Crippen LogP contribution in [0.15, 0.2) is 66.7 Å². The number of hydrogen-bond acceptors (Lipinski definition) is 5. The smallest absolute Gasteiger partial charge is 0.217 e. The van der Waals surface area contributed by atoms with E-state index in [1.165, 1.54) is 11.1 Å². The number of carbonyl (C=O) groups excluding carboxylic acids is 1. The Bertz CT molecular complexity index is 941. The summed E-state index contributed by atoms with van der Waals surface area (Å²) < 4.78 is 12.0. The minimum Gasteiger partial charge on any atom is -0.391 e. The number of nitrogens with zero attached hydrogens (tertiary/aromatic N) is 1. The lowest BCUT2D eigenvalue weighted by Gasteiger charge is -2.38. The van der Waals surface area contributed by atoms with Crippen molar-refractivity contribution < 1.29 is 19.4 Å². The average Bonchev–Trinajstić information content (AvgIpc) is 3.20. The molecule has 2 aromatic carbocycles. The Labute approximate surface area is 208 Å². The Morgan fingerprint density at radius 1 is 1.03 bits per heavy atom. The molecule has 1 amide bonds. The topological polar surface area (TPSA) is 85.0 Å². The maximum Gasteiger partial charge on any atom is 0.217 e. The number of rotatable bonds is 11. The van der Waals surface area contributed by atoms with E-state index >= 15 is 0 Å². The SMILES string of the molecule is NC(=O)CC/C=C\CC[C@@H]1[C@@H](N2CCOCC2)[C@@H](O)C[C@@H]1OCc1ccc(-c2ccccc2)cc1. The molecule has 0 spiro atoms. The molecule has 2 aliphatic rings. The number of aliphatic hydroxyl groups is 1. The van der Waals surface area contributed by atoms with Crippen LogP contribution in [0.3, 0.4) is 0 Å². The molecule has 2 aromatic rings. The van der Waals surface area contributed by atoms with Gasteiger partial charge in [0.2, 0.25) is 5.91 Å². The maximum atomic E-state index is 11.0. The summed E-state index contributed by atoms with van der Waals surface area (Å²) in [5.74, 6) is -0.0290. The normalized spacial score (nSPS) is 25.3. The van der Waals surface area contributed by atoms with Crippen LogP contribution in [0, 0.1) is 5.92 Å². The van der Waals surface area contributed by atoms with E-state index in [1.807, 2.05) is 12.1 Å². The molecule has 0 unspecified atom stereocenters. The quantitative estimate of drug-likeness (QED) is 0.478. The van der Waals surface area contributed by atoms with Crippen LogP contribution in [0.2, 0.25) is 0 Å². The minimum absolute atomic E-state index is 0.00524. The second kappa shape index (κ2) is 13.0. The summed E-state index contributed by atoms with van der Waals surface area (Å²) in [7, 11) is 0. The van der Waals surface area contributed by atoms with Gasteiger partial charge in [-0.3, -0.25) is 9.69 Å². The molecule has 2 fully saturated rings. The molecule has 35 heavy (non-hydrogen) atoms. The largest absolute Gasteiger partial charge is 0.391 e. The number of amides is 1. The molecule has 1 aliphatic heterocycles. The van der Waals surface area contributed by atoms with Crippen LogP contribution in [-0.4, -0.2) is 60.5 Å². The van der Waals surface area contributed by atoms with Crippen molar-refractivity contribution in [1.82, 2.24) is 4.90 Å². The molecule has 0 radical (unpaired) electrons. The number of hydrogen-bond donors (Lipinski definition) is 2. The minimum atomic E-state index is -0.401. The first-order valence-electron chi connectivity index (χ1n) is 12.8. The fraction of sp³-hybridized carbons (Fsp3) is 0.483. The van der Waals surface area contributed by atoms with Crippen LogP contribution >= 0.6 is 0 Å². The summed E-state index contributed by atoms with van der Waals surface area (Å²) in [5.41, 5.74) is 8.76. The summed E-state index contributed by atoms with van der Waals surface area (Å²) in [4.78, 5) is 13.3. The molecule has 3 N–H and O–H groups in total. The third kappa shape index (κ3) is 7.24. The zero-order valence-corrected chi connectivity index (χ0v) is 20.4. The Kier molecular flexibility index (Phi) is 9.49. The first kappa shape index (κ1) is 25.6. The molecule has 6 heteroatoms. The van der Waals surface area contributed by atoms with E-state index in [9.17, 15) is 9.90 Å². The Morgan fingerprint density at radius 2 is 1.71 bits per heavy atom. The molecule has 6 nitrogen and oxygen atoms in total. The fourth-order valence-corrected chi connectivity index (χ4v) is 5.37. The molecule has 4 rings (SSSR count). The second-order valence-corrected chi connectivity index (χ2v) is 9.57. The highest BCUT2D eigenvalue weighted by molar-refractivity contribution is 5.73. The van der Waals surface area contributed by atoms with E-state index in [4.69, 9.17) is 15.2 Å². The van der Waals surface area contributed by atoms with E-state index in [1.54, 1.807) is 0 Å². The predicted molar refractivity (Wildman–Crippen MR) is 138 cm³/mol. The molecule has 1 saturated carbocycles. The van der Waals surface area contributed by atoms with Gasteiger partial charge in [0.25, 0.3) is 0 Å². The third-order valence-electron chi connectivity index (χ3n) is 7.17. The van der Waals surface area contributed by atoms with Gasteiger partial charge in [0.05, 0.1) is 32.0 Å². The highest BCUT2D eigenvalue weighted by Gasteiger charge is 2.45. The van der Waals surface area contributed by atoms with E-state index < -0.39 is 6.10 Å². The van der Waals surface area contributed by atoms with Gasteiger partial charge in [-0.05, 0) is 36.0 Å². The Balaban J connectivity index is 1.37. The predicted octanol–water partition coefficient (Wildman–Crippen LogP) is 3.92. The van der Waals surface area contributed by atoms with Crippen molar-refractivity contribution in [3.05, 3.63) is 72.3 Å². The highest BCUT2D eigenvalue weighted by atomic mass is 16.5. The highest BCUT2D eigenvalue weighted by Crippen LogP contribution is 2.37. The maximum absolute atomic E-state index is 11.0. The summed E-state index contributed by atoms with van der Waals surface area (Å²) in [6, 6.07) is 19.0. The Hall–Kier alpha value is -2.51. The molecular formula is C29H38N2O4. The number of carbonyl (C=O) groups is 1. The molecular weight excluding hydrogens is 440 g/mol. The van der Waals surface area contributed by atoms with Crippen molar-refractivity contribution in [2.75, 3.05) is 26.3 Å². The number of nitrogens with two attached hydrogens (primary N) is 1. The second-order valence-electron chi connectivity index (χ2n) is 9.57. The van der Waals surface area contributed by atoms with Crippen LogP contribution in [0.25, 0.3) is 11.1 Å². The number of morpholine rings is 1. The lowest BCUT2D eigenvalue weighted by molar-refractivity contribution is -0.117. The van der Waals surface area contributed by atoms with Gasteiger partial charge in [0, 0.05) is 37.9 Å². The fourth-order valence-electron chi connectivity index (χ4n) is 5.37. The van der Waals surface area contributed by atoms with Crippen molar-refractivity contribution in [2.45, 2.75) is 57.0 Å².